The van der Waals surface area contributed by atoms with Gasteiger partial charge < -0.3 is 23.9 Å². The molecule has 40 heavy (non-hydrogen) atoms. The molecule has 208 valence electrons. The molecule has 2 aromatic carbocycles. The first-order valence-corrected chi connectivity index (χ1v) is 13.9. The molecule has 12 heteroatoms. The van der Waals surface area contributed by atoms with Crippen LogP contribution in [0.4, 0.5) is 0 Å². The Balaban J connectivity index is 1.44. The van der Waals surface area contributed by atoms with E-state index in [1.54, 1.807) is 54.1 Å². The van der Waals surface area contributed by atoms with Crippen LogP contribution in [0.1, 0.15) is 29.8 Å². The molecule has 0 saturated carbocycles. The Hall–Kier alpha value is -2.09. The summed E-state index contributed by atoms with van der Waals surface area (Å²) in [7, 11) is 0. The largest absolute Gasteiger partial charge is 0.383 e. The summed E-state index contributed by atoms with van der Waals surface area (Å²) in [6.45, 7) is 1.96. The lowest BCUT2D eigenvalue weighted by Crippen LogP contribution is -2.46. The van der Waals surface area contributed by atoms with Crippen LogP contribution in [0.15, 0.2) is 48.9 Å². The maximum Gasteiger partial charge on any atom is 0.167 e. The summed E-state index contributed by atoms with van der Waals surface area (Å²) in [5.74, 6) is 2.60. The van der Waals surface area contributed by atoms with Crippen molar-refractivity contribution in [1.29, 1.82) is 0 Å². The van der Waals surface area contributed by atoms with Gasteiger partial charge in [0.1, 0.15) is 34.9 Å². The van der Waals surface area contributed by atoms with Crippen LogP contribution < -0.4 is 0 Å². The summed E-state index contributed by atoms with van der Waals surface area (Å²) in [4.78, 5) is 8.39. The molecule has 1 fully saturated rings. The molecule has 1 N–H and O–H groups in total. The molecule has 0 aliphatic carbocycles. The maximum absolute atomic E-state index is 11.9. The van der Waals surface area contributed by atoms with E-state index in [2.05, 4.69) is 15.9 Å². The molecule has 1 aliphatic heterocycles. The minimum atomic E-state index is -1.57. The second-order valence-electron chi connectivity index (χ2n) is 9.43. The van der Waals surface area contributed by atoms with Gasteiger partial charge in [0.15, 0.2) is 6.23 Å². The Bertz CT molecular complexity index is 1600. The molecule has 4 aromatic rings. The number of fused-ring (bicyclic) bond motifs is 1. The number of hydrogen-bond donors (Lipinski definition) is 1. The van der Waals surface area contributed by atoms with Crippen LogP contribution in [0.5, 0.6) is 0 Å². The third kappa shape index (κ3) is 5.79. The van der Waals surface area contributed by atoms with E-state index in [-0.39, 0.29) is 25.0 Å². The molecule has 0 spiro atoms. The average molecular weight is 642 g/mol. The van der Waals surface area contributed by atoms with Crippen LogP contribution in [-0.4, -0.2) is 44.1 Å². The Morgan fingerprint density at radius 1 is 1.02 bits per heavy atom. The van der Waals surface area contributed by atoms with Gasteiger partial charge in [-0.3, -0.25) is 0 Å². The van der Waals surface area contributed by atoms with E-state index in [1.165, 1.54) is 6.33 Å². The zero-order valence-electron chi connectivity index (χ0n) is 21.0. The third-order valence-corrected chi connectivity index (χ3v) is 8.14. The minimum Gasteiger partial charge on any atom is -0.383 e. The van der Waals surface area contributed by atoms with Crippen molar-refractivity contribution in [2.24, 2.45) is 0 Å². The zero-order chi connectivity index (χ0) is 28.6. The van der Waals surface area contributed by atoms with Crippen molar-refractivity contribution in [2.45, 2.75) is 44.2 Å². The highest BCUT2D eigenvalue weighted by molar-refractivity contribution is 6.35. The van der Waals surface area contributed by atoms with Crippen LogP contribution in [0.3, 0.4) is 0 Å². The predicted molar refractivity (Wildman–Crippen MR) is 156 cm³/mol. The number of rotatable bonds is 8. The molecule has 0 amide bonds. The smallest absolute Gasteiger partial charge is 0.167 e. The summed E-state index contributed by atoms with van der Waals surface area (Å²) in [5.41, 5.74) is 0.743. The summed E-state index contributed by atoms with van der Waals surface area (Å²) in [6.07, 6.45) is 6.18. The highest BCUT2D eigenvalue weighted by Crippen LogP contribution is 2.43. The number of terminal acetylenes is 1. The van der Waals surface area contributed by atoms with Gasteiger partial charge in [0.25, 0.3) is 0 Å². The first kappa shape index (κ1) is 29.4. The number of benzene rings is 2. The molecule has 2 aromatic heterocycles. The third-order valence-electron chi connectivity index (χ3n) is 6.68. The first-order valence-electron chi connectivity index (χ1n) is 12.0. The van der Waals surface area contributed by atoms with Gasteiger partial charge in [-0.25, -0.2) is 9.97 Å². The molecule has 0 bridgehead atoms. The fourth-order valence-electron chi connectivity index (χ4n) is 4.72. The second-order valence-corrected chi connectivity index (χ2v) is 11.5. The highest BCUT2D eigenvalue weighted by Gasteiger charge is 2.55. The lowest BCUT2D eigenvalue weighted by molar-refractivity contribution is -0.114. The number of nitrogens with zero attached hydrogens (tertiary/aromatic N) is 3. The van der Waals surface area contributed by atoms with Gasteiger partial charge in [0.05, 0.1) is 30.8 Å². The fraction of sp³-hybridized carbons (Fsp3) is 0.286. The Labute approximate surface area is 255 Å². The molecule has 0 unspecified atom stereocenters. The van der Waals surface area contributed by atoms with Gasteiger partial charge in [-0.05, 0) is 42.3 Å². The average Bonchev–Trinajstić information content (AvgIpc) is 3.39. The molecular formula is C28H22Cl5N3O4. The van der Waals surface area contributed by atoms with Crippen molar-refractivity contribution in [1.82, 2.24) is 14.5 Å². The molecule has 1 saturated heterocycles. The maximum atomic E-state index is 11.9. The second kappa shape index (κ2) is 12.0. The van der Waals surface area contributed by atoms with E-state index < -0.39 is 24.0 Å². The van der Waals surface area contributed by atoms with Crippen LogP contribution >= 0.6 is 58.0 Å². The van der Waals surface area contributed by atoms with Crippen molar-refractivity contribution >= 4 is 69.0 Å². The van der Waals surface area contributed by atoms with Gasteiger partial charge in [0.2, 0.25) is 0 Å². The van der Waals surface area contributed by atoms with Crippen molar-refractivity contribution in [3.05, 3.63) is 90.9 Å². The molecule has 0 radical (unpaired) electrons. The highest BCUT2D eigenvalue weighted by atomic mass is 35.5. The number of aromatic nitrogens is 3. The molecule has 5 rings (SSSR count). The number of ether oxygens (including phenoxy) is 3. The van der Waals surface area contributed by atoms with Gasteiger partial charge in [-0.1, -0.05) is 76.1 Å². The van der Waals surface area contributed by atoms with Gasteiger partial charge in [-0.2, -0.15) is 0 Å². The summed E-state index contributed by atoms with van der Waals surface area (Å²) in [6, 6.07) is 10.3. The normalized spacial score (nSPS) is 22.6. The lowest BCUT2D eigenvalue weighted by Gasteiger charge is -2.30. The number of hydrogen-bond acceptors (Lipinski definition) is 6. The molecule has 3 heterocycles. The summed E-state index contributed by atoms with van der Waals surface area (Å²) >= 11 is 31.1. The monoisotopic (exact) mass is 639 g/mol. The van der Waals surface area contributed by atoms with E-state index in [0.29, 0.717) is 42.3 Å². The van der Waals surface area contributed by atoms with Crippen molar-refractivity contribution < 1.29 is 19.3 Å². The topological polar surface area (TPSA) is 78.6 Å². The molecular weight excluding hydrogens is 620 g/mol. The first-order chi connectivity index (χ1) is 19.1. The van der Waals surface area contributed by atoms with Crippen molar-refractivity contribution in [3.8, 4) is 12.3 Å². The quantitative estimate of drug-likeness (QED) is 0.163. The van der Waals surface area contributed by atoms with Crippen molar-refractivity contribution in [3.63, 3.8) is 0 Å². The van der Waals surface area contributed by atoms with Gasteiger partial charge >= 0.3 is 0 Å². The van der Waals surface area contributed by atoms with Crippen LogP contribution in [0.2, 0.25) is 25.2 Å². The Morgan fingerprint density at radius 3 is 2.30 bits per heavy atom. The van der Waals surface area contributed by atoms with Crippen LogP contribution in [0.25, 0.3) is 11.0 Å². The molecule has 7 nitrogen and oxygen atoms in total. The predicted octanol–water partition coefficient (Wildman–Crippen LogP) is 7.13. The van der Waals surface area contributed by atoms with E-state index in [9.17, 15) is 5.11 Å². The standard InChI is InChI=1S/C28H22Cl5N3O4/c1-3-15-10-36(26-23(15)25(33)34-14-35-26)27-28(2,37)24(39-12-17-5-7-19(30)9-21(17)32)22(40-27)13-38-11-16-4-6-18(29)8-20(16)31/h1,4-10,14,22,24,27,37H,11-13H2,2H3/t22-,24-,27-,28-/m1/s1. The summed E-state index contributed by atoms with van der Waals surface area (Å²) in [5, 5.41) is 14.5. The van der Waals surface area contributed by atoms with Gasteiger partial charge in [-0.15, -0.1) is 6.42 Å². The minimum absolute atomic E-state index is 0.0710. The van der Waals surface area contributed by atoms with Crippen LogP contribution in [0, 0.1) is 12.3 Å². The van der Waals surface area contributed by atoms with Crippen molar-refractivity contribution in [2.75, 3.05) is 6.61 Å². The van der Waals surface area contributed by atoms with E-state index in [4.69, 9.17) is 78.6 Å². The fourth-order valence-corrected chi connectivity index (χ4v) is 5.88. The van der Waals surface area contributed by atoms with Crippen LogP contribution in [-0.2, 0) is 27.4 Å². The SMILES string of the molecule is C#Cc1cn([C@@H]2O[C@H](COCc3ccc(Cl)cc3Cl)[C@@H](OCc3ccc(Cl)cc3Cl)[C@@]2(C)O)c2ncnc(Cl)c12. The van der Waals surface area contributed by atoms with E-state index >= 15 is 0 Å². The molecule has 4 atom stereocenters. The van der Waals surface area contributed by atoms with Gasteiger partial charge in [0, 0.05) is 26.3 Å². The lowest BCUT2D eigenvalue weighted by atomic mass is 9.96. The number of halogens is 5. The summed E-state index contributed by atoms with van der Waals surface area (Å²) < 4.78 is 20.3. The Kier molecular flexibility index (Phi) is 8.84. The zero-order valence-corrected chi connectivity index (χ0v) is 24.7. The van der Waals surface area contributed by atoms with E-state index in [0.717, 1.165) is 5.56 Å². The molecule has 1 aliphatic rings. The Morgan fingerprint density at radius 2 is 1.68 bits per heavy atom. The van der Waals surface area contributed by atoms with E-state index in [1.807, 2.05) is 0 Å². The number of aliphatic hydroxyl groups is 1.